The van der Waals surface area contributed by atoms with Gasteiger partial charge in [0.15, 0.2) is 0 Å². The van der Waals surface area contributed by atoms with Gasteiger partial charge in [0.1, 0.15) is 11.5 Å². The Bertz CT molecular complexity index is 998. The van der Waals surface area contributed by atoms with E-state index >= 15 is 0 Å². The summed E-state index contributed by atoms with van der Waals surface area (Å²) in [4.78, 5) is 4.53. The highest BCUT2D eigenvalue weighted by Gasteiger charge is 2.16. The molecule has 3 aromatic carbocycles. The topological polar surface area (TPSA) is 41.8 Å². The first-order chi connectivity index (χ1) is 14.6. The van der Waals surface area contributed by atoms with E-state index in [4.69, 9.17) is 4.74 Å². The zero-order valence-corrected chi connectivity index (χ0v) is 18.7. The van der Waals surface area contributed by atoms with Crippen molar-refractivity contribution in [2.24, 2.45) is 4.99 Å². The highest BCUT2D eigenvalue weighted by molar-refractivity contribution is 9.10. The van der Waals surface area contributed by atoms with Gasteiger partial charge in [-0.25, -0.2) is 0 Å². The van der Waals surface area contributed by atoms with E-state index < -0.39 is 0 Å². The molecule has 154 valence electrons. The van der Waals surface area contributed by atoms with Crippen molar-refractivity contribution in [3.05, 3.63) is 101 Å². The number of hydrogen-bond acceptors (Lipinski definition) is 3. The number of phenols is 1. The van der Waals surface area contributed by atoms with Crippen LogP contribution in [0.3, 0.4) is 0 Å². The fraction of sp³-hybridized carbons (Fsp3) is 0.192. The van der Waals surface area contributed by atoms with E-state index in [2.05, 4.69) is 46.6 Å². The van der Waals surface area contributed by atoms with Gasteiger partial charge in [-0.05, 0) is 54.8 Å². The predicted molar refractivity (Wildman–Crippen MR) is 128 cm³/mol. The molecule has 4 heteroatoms. The number of hydrogen-bond donors (Lipinski definition) is 1. The van der Waals surface area contributed by atoms with Crippen LogP contribution in [0.25, 0.3) is 0 Å². The fourth-order valence-corrected chi connectivity index (χ4v) is 3.68. The normalized spacial score (nSPS) is 12.1. The molecule has 0 aliphatic heterocycles. The summed E-state index contributed by atoms with van der Waals surface area (Å²) < 4.78 is 6.60. The van der Waals surface area contributed by atoms with Crippen molar-refractivity contribution in [2.45, 2.75) is 25.7 Å². The SMILES string of the molecule is C=CCCCOc1ccc(N=Cc2cc(Br)cc(C(C)c3ccccc3)c2O)cc1. The number of rotatable bonds is 9. The maximum atomic E-state index is 10.9. The Labute approximate surface area is 186 Å². The summed E-state index contributed by atoms with van der Waals surface area (Å²) >= 11 is 3.56. The van der Waals surface area contributed by atoms with Crippen molar-refractivity contribution in [3.8, 4) is 11.5 Å². The van der Waals surface area contributed by atoms with Crippen LogP contribution in [0, 0.1) is 0 Å². The van der Waals surface area contributed by atoms with E-state index in [0.717, 1.165) is 39.9 Å². The Morgan fingerprint density at radius 3 is 2.53 bits per heavy atom. The van der Waals surface area contributed by atoms with Crippen molar-refractivity contribution in [3.63, 3.8) is 0 Å². The van der Waals surface area contributed by atoms with Crippen molar-refractivity contribution >= 4 is 27.8 Å². The number of halogens is 1. The highest BCUT2D eigenvalue weighted by atomic mass is 79.9. The summed E-state index contributed by atoms with van der Waals surface area (Å²) in [7, 11) is 0. The molecule has 0 radical (unpaired) electrons. The molecule has 0 amide bonds. The maximum absolute atomic E-state index is 10.9. The van der Waals surface area contributed by atoms with Crippen molar-refractivity contribution in [2.75, 3.05) is 6.61 Å². The predicted octanol–water partition coefficient (Wildman–Crippen LogP) is 7.40. The number of unbranched alkanes of at least 4 members (excludes halogenated alkanes) is 1. The standard InChI is InChI=1S/C26H26BrNO2/c1-3-4-8-15-30-24-13-11-23(12-14-24)28-18-21-16-22(27)17-25(26(21)29)19(2)20-9-6-5-7-10-20/h3,5-7,9-14,16-19,29H,1,4,8,15H2,2H3. The smallest absolute Gasteiger partial charge is 0.128 e. The summed E-state index contributed by atoms with van der Waals surface area (Å²) in [6, 6.07) is 21.6. The third kappa shape index (κ3) is 5.83. The van der Waals surface area contributed by atoms with E-state index in [1.807, 2.05) is 60.7 Å². The zero-order chi connectivity index (χ0) is 21.3. The van der Waals surface area contributed by atoms with Crippen molar-refractivity contribution in [1.29, 1.82) is 0 Å². The zero-order valence-electron chi connectivity index (χ0n) is 17.1. The van der Waals surface area contributed by atoms with Gasteiger partial charge >= 0.3 is 0 Å². The largest absolute Gasteiger partial charge is 0.507 e. The minimum Gasteiger partial charge on any atom is -0.507 e. The molecule has 0 aromatic heterocycles. The monoisotopic (exact) mass is 463 g/mol. The molecule has 3 rings (SSSR count). The summed E-state index contributed by atoms with van der Waals surface area (Å²) in [6.45, 7) is 6.47. The van der Waals surface area contributed by atoms with E-state index in [1.54, 1.807) is 6.21 Å². The molecule has 0 fully saturated rings. The average Bonchev–Trinajstić information content (AvgIpc) is 2.78. The first-order valence-electron chi connectivity index (χ1n) is 10.0. The van der Waals surface area contributed by atoms with Crippen LogP contribution >= 0.6 is 15.9 Å². The molecular formula is C26H26BrNO2. The molecule has 0 heterocycles. The number of phenolic OH excluding ortho intramolecular Hbond substituents is 1. The van der Waals surface area contributed by atoms with Gasteiger partial charge < -0.3 is 9.84 Å². The lowest BCUT2D eigenvalue weighted by Gasteiger charge is -2.16. The molecule has 0 aliphatic rings. The van der Waals surface area contributed by atoms with Crippen LogP contribution in [0.2, 0.25) is 0 Å². The lowest BCUT2D eigenvalue weighted by Crippen LogP contribution is -1.99. The molecular weight excluding hydrogens is 438 g/mol. The van der Waals surface area contributed by atoms with Crippen molar-refractivity contribution < 1.29 is 9.84 Å². The molecule has 0 spiro atoms. The molecule has 3 nitrogen and oxygen atoms in total. The molecule has 0 saturated carbocycles. The summed E-state index contributed by atoms with van der Waals surface area (Å²) in [5.74, 6) is 1.14. The summed E-state index contributed by atoms with van der Waals surface area (Å²) in [6.07, 6.45) is 5.49. The maximum Gasteiger partial charge on any atom is 0.128 e. The van der Waals surface area contributed by atoms with Crippen LogP contribution in [-0.2, 0) is 0 Å². The fourth-order valence-electron chi connectivity index (χ4n) is 3.18. The number of allylic oxidation sites excluding steroid dienone is 1. The highest BCUT2D eigenvalue weighted by Crippen LogP contribution is 2.35. The molecule has 0 aliphatic carbocycles. The quantitative estimate of drug-likeness (QED) is 0.204. The number of nitrogens with zero attached hydrogens (tertiary/aromatic N) is 1. The Morgan fingerprint density at radius 1 is 1.10 bits per heavy atom. The van der Waals surface area contributed by atoms with Crippen LogP contribution in [-0.4, -0.2) is 17.9 Å². The Hall–Kier alpha value is -2.85. The second-order valence-corrected chi connectivity index (χ2v) is 8.01. The van der Waals surface area contributed by atoms with Crippen molar-refractivity contribution in [1.82, 2.24) is 0 Å². The number of aliphatic imine (C=N–C) groups is 1. The van der Waals surface area contributed by atoms with E-state index in [-0.39, 0.29) is 11.7 Å². The summed E-state index contributed by atoms with van der Waals surface area (Å²) in [5.41, 5.74) is 3.48. The molecule has 3 aromatic rings. The summed E-state index contributed by atoms with van der Waals surface area (Å²) in [5, 5.41) is 10.9. The first-order valence-corrected chi connectivity index (χ1v) is 10.8. The van der Waals surface area contributed by atoms with E-state index in [0.29, 0.717) is 12.2 Å². The second-order valence-electron chi connectivity index (χ2n) is 7.10. The van der Waals surface area contributed by atoms with Gasteiger partial charge in [-0.15, -0.1) is 6.58 Å². The third-order valence-corrected chi connectivity index (χ3v) is 5.37. The molecule has 0 saturated heterocycles. The Balaban J connectivity index is 1.75. The van der Waals surface area contributed by atoms with Gasteiger partial charge in [0.05, 0.1) is 12.3 Å². The van der Waals surface area contributed by atoms with Gasteiger partial charge in [0, 0.05) is 27.7 Å². The van der Waals surface area contributed by atoms with Crippen LogP contribution in [0.1, 0.15) is 42.4 Å². The van der Waals surface area contributed by atoms with Gasteiger partial charge in [-0.1, -0.05) is 59.3 Å². The van der Waals surface area contributed by atoms with Gasteiger partial charge in [-0.3, -0.25) is 4.99 Å². The van der Waals surface area contributed by atoms with Crippen LogP contribution in [0.15, 0.2) is 88.9 Å². The minimum absolute atomic E-state index is 0.0633. The molecule has 1 atom stereocenters. The van der Waals surface area contributed by atoms with Crippen LogP contribution in [0.5, 0.6) is 11.5 Å². The molecule has 0 bridgehead atoms. The second kappa shape index (κ2) is 10.8. The number of ether oxygens (including phenoxy) is 1. The third-order valence-electron chi connectivity index (χ3n) is 4.91. The lowest BCUT2D eigenvalue weighted by atomic mass is 9.91. The number of aromatic hydroxyl groups is 1. The Morgan fingerprint density at radius 2 is 1.83 bits per heavy atom. The minimum atomic E-state index is 0.0633. The van der Waals surface area contributed by atoms with E-state index in [9.17, 15) is 5.11 Å². The van der Waals surface area contributed by atoms with Crippen LogP contribution < -0.4 is 4.74 Å². The number of benzene rings is 3. The molecule has 1 unspecified atom stereocenters. The lowest BCUT2D eigenvalue weighted by molar-refractivity contribution is 0.312. The van der Waals surface area contributed by atoms with Gasteiger partial charge in [0.2, 0.25) is 0 Å². The average molecular weight is 464 g/mol. The first kappa shape index (κ1) is 21.8. The molecule has 1 N–H and O–H groups in total. The Kier molecular flexibility index (Phi) is 7.86. The van der Waals surface area contributed by atoms with Crippen LogP contribution in [0.4, 0.5) is 5.69 Å². The van der Waals surface area contributed by atoms with Gasteiger partial charge in [-0.2, -0.15) is 0 Å². The van der Waals surface area contributed by atoms with Gasteiger partial charge in [0.25, 0.3) is 0 Å². The van der Waals surface area contributed by atoms with E-state index in [1.165, 1.54) is 0 Å². The molecule has 30 heavy (non-hydrogen) atoms.